The highest BCUT2D eigenvalue weighted by atomic mass is 79.9. The van der Waals surface area contributed by atoms with E-state index < -0.39 is 10.8 Å². The Morgan fingerprint density at radius 3 is 2.50 bits per heavy atom. The van der Waals surface area contributed by atoms with Crippen LogP contribution in [-0.2, 0) is 23.1 Å². The monoisotopic (exact) mass is 323 g/mol. The molecule has 0 spiro atoms. The van der Waals surface area contributed by atoms with Crippen LogP contribution in [0.5, 0.6) is 0 Å². The molecule has 0 saturated heterocycles. The van der Waals surface area contributed by atoms with Crippen molar-refractivity contribution < 1.29 is 4.21 Å². The Morgan fingerprint density at radius 2 is 1.78 bits per heavy atom. The molecule has 0 saturated carbocycles. The maximum absolute atomic E-state index is 12.2. The maximum Gasteiger partial charge on any atom is 0.0574 e. The van der Waals surface area contributed by atoms with Crippen LogP contribution in [0.1, 0.15) is 11.1 Å². The van der Waals surface area contributed by atoms with Crippen molar-refractivity contribution in [2.75, 3.05) is 0 Å². The summed E-state index contributed by atoms with van der Waals surface area (Å²) in [6, 6.07) is 15.5. The molecule has 2 aromatic carbocycles. The SMILES string of the molecule is NCc1cccc(CS(=O)c2cccc(Br)c2)c1. The summed E-state index contributed by atoms with van der Waals surface area (Å²) in [4.78, 5) is 0.836. The third-order valence-corrected chi connectivity index (χ3v) is 4.45. The Bertz CT molecular complexity index is 571. The van der Waals surface area contributed by atoms with Crippen molar-refractivity contribution in [3.63, 3.8) is 0 Å². The largest absolute Gasteiger partial charge is 0.326 e. The van der Waals surface area contributed by atoms with Crippen molar-refractivity contribution in [1.82, 2.24) is 0 Å². The quantitative estimate of drug-likeness (QED) is 0.938. The van der Waals surface area contributed by atoms with Crippen molar-refractivity contribution in [1.29, 1.82) is 0 Å². The lowest BCUT2D eigenvalue weighted by atomic mass is 10.1. The van der Waals surface area contributed by atoms with Gasteiger partial charge in [-0.15, -0.1) is 0 Å². The summed E-state index contributed by atoms with van der Waals surface area (Å²) >= 11 is 3.39. The lowest BCUT2D eigenvalue weighted by Crippen LogP contribution is -2.00. The molecule has 1 atom stereocenters. The van der Waals surface area contributed by atoms with Crippen LogP contribution in [0.15, 0.2) is 57.9 Å². The summed E-state index contributed by atoms with van der Waals surface area (Å²) < 4.78 is 13.2. The predicted octanol–water partition coefficient (Wildman–Crippen LogP) is 3.22. The van der Waals surface area contributed by atoms with Crippen molar-refractivity contribution in [2.45, 2.75) is 17.2 Å². The molecule has 18 heavy (non-hydrogen) atoms. The van der Waals surface area contributed by atoms with Crippen molar-refractivity contribution in [3.8, 4) is 0 Å². The molecule has 0 aliphatic carbocycles. The summed E-state index contributed by atoms with van der Waals surface area (Å²) in [5.41, 5.74) is 7.72. The van der Waals surface area contributed by atoms with Crippen LogP contribution in [-0.4, -0.2) is 4.21 Å². The molecule has 0 aliphatic heterocycles. The molecule has 0 amide bonds. The highest BCUT2D eigenvalue weighted by Gasteiger charge is 2.06. The normalized spacial score (nSPS) is 12.3. The van der Waals surface area contributed by atoms with Gasteiger partial charge in [0, 0.05) is 15.9 Å². The van der Waals surface area contributed by atoms with E-state index in [9.17, 15) is 4.21 Å². The lowest BCUT2D eigenvalue weighted by Gasteiger charge is -2.05. The molecule has 0 bridgehead atoms. The molecule has 0 aliphatic rings. The second-order valence-electron chi connectivity index (χ2n) is 3.97. The van der Waals surface area contributed by atoms with Gasteiger partial charge >= 0.3 is 0 Å². The van der Waals surface area contributed by atoms with Gasteiger partial charge in [-0.1, -0.05) is 46.3 Å². The number of benzene rings is 2. The maximum atomic E-state index is 12.2. The molecule has 0 radical (unpaired) electrons. The van der Waals surface area contributed by atoms with E-state index in [1.165, 1.54) is 0 Å². The van der Waals surface area contributed by atoms with E-state index in [2.05, 4.69) is 15.9 Å². The average molecular weight is 324 g/mol. The van der Waals surface area contributed by atoms with Crippen LogP contribution in [0, 0.1) is 0 Å². The Kier molecular flexibility index (Phi) is 4.69. The minimum Gasteiger partial charge on any atom is -0.326 e. The number of hydrogen-bond acceptors (Lipinski definition) is 2. The lowest BCUT2D eigenvalue weighted by molar-refractivity contribution is 0.682. The highest BCUT2D eigenvalue weighted by molar-refractivity contribution is 9.10. The van der Waals surface area contributed by atoms with Gasteiger partial charge in [-0.3, -0.25) is 4.21 Å². The fraction of sp³-hybridized carbons (Fsp3) is 0.143. The second kappa shape index (κ2) is 6.27. The van der Waals surface area contributed by atoms with E-state index in [1.54, 1.807) is 0 Å². The first-order chi connectivity index (χ1) is 8.69. The molecule has 0 heterocycles. The van der Waals surface area contributed by atoms with E-state index in [0.717, 1.165) is 20.5 Å². The molecular weight excluding hydrogens is 310 g/mol. The third kappa shape index (κ3) is 3.51. The fourth-order valence-corrected chi connectivity index (χ4v) is 3.38. The summed E-state index contributed by atoms with van der Waals surface area (Å²) in [5.74, 6) is 0.518. The summed E-state index contributed by atoms with van der Waals surface area (Å²) in [7, 11) is -1.03. The number of halogens is 1. The van der Waals surface area contributed by atoms with Crippen molar-refractivity contribution in [3.05, 3.63) is 64.1 Å². The molecule has 2 rings (SSSR count). The molecule has 0 aromatic heterocycles. The molecule has 4 heteroatoms. The van der Waals surface area contributed by atoms with Gasteiger partial charge in [0.15, 0.2) is 0 Å². The van der Waals surface area contributed by atoms with Gasteiger partial charge in [-0.2, -0.15) is 0 Å². The Labute approximate surface area is 118 Å². The van der Waals surface area contributed by atoms with Crippen LogP contribution >= 0.6 is 15.9 Å². The van der Waals surface area contributed by atoms with Crippen LogP contribution in [0.25, 0.3) is 0 Å². The zero-order valence-corrected chi connectivity index (χ0v) is 12.2. The number of nitrogens with two attached hydrogens (primary N) is 1. The van der Waals surface area contributed by atoms with Crippen molar-refractivity contribution >= 4 is 26.7 Å². The van der Waals surface area contributed by atoms with Gasteiger partial charge in [-0.05, 0) is 29.3 Å². The van der Waals surface area contributed by atoms with Gasteiger partial charge in [0.1, 0.15) is 0 Å². The first-order valence-corrected chi connectivity index (χ1v) is 7.72. The Morgan fingerprint density at radius 1 is 1.06 bits per heavy atom. The zero-order valence-electron chi connectivity index (χ0n) is 9.80. The summed E-state index contributed by atoms with van der Waals surface area (Å²) in [6.45, 7) is 0.511. The first kappa shape index (κ1) is 13.5. The van der Waals surface area contributed by atoms with E-state index in [-0.39, 0.29) is 0 Å². The molecular formula is C14H14BrNOS. The van der Waals surface area contributed by atoms with Crippen LogP contribution in [0.4, 0.5) is 0 Å². The summed E-state index contributed by atoms with van der Waals surface area (Å²) in [5, 5.41) is 0. The average Bonchev–Trinajstić information content (AvgIpc) is 2.39. The van der Waals surface area contributed by atoms with Gasteiger partial charge in [-0.25, -0.2) is 0 Å². The van der Waals surface area contributed by atoms with E-state index in [0.29, 0.717) is 12.3 Å². The van der Waals surface area contributed by atoms with E-state index in [1.807, 2.05) is 48.5 Å². The minimum absolute atomic E-state index is 0.511. The van der Waals surface area contributed by atoms with Gasteiger partial charge < -0.3 is 5.73 Å². The molecule has 2 N–H and O–H groups in total. The smallest absolute Gasteiger partial charge is 0.0574 e. The predicted molar refractivity (Wildman–Crippen MR) is 78.6 cm³/mol. The van der Waals surface area contributed by atoms with E-state index >= 15 is 0 Å². The van der Waals surface area contributed by atoms with Gasteiger partial charge in [0.25, 0.3) is 0 Å². The molecule has 94 valence electrons. The Hall–Kier alpha value is -0.970. The van der Waals surface area contributed by atoms with Gasteiger partial charge in [0.05, 0.1) is 16.6 Å². The zero-order chi connectivity index (χ0) is 13.0. The van der Waals surface area contributed by atoms with Crippen molar-refractivity contribution in [2.24, 2.45) is 5.73 Å². The molecule has 2 nitrogen and oxygen atoms in total. The second-order valence-corrected chi connectivity index (χ2v) is 6.34. The highest BCUT2D eigenvalue weighted by Crippen LogP contribution is 2.17. The Balaban J connectivity index is 2.16. The van der Waals surface area contributed by atoms with Crippen LogP contribution in [0.2, 0.25) is 0 Å². The minimum atomic E-state index is -1.03. The van der Waals surface area contributed by atoms with Gasteiger partial charge in [0.2, 0.25) is 0 Å². The van der Waals surface area contributed by atoms with Crippen LogP contribution in [0.3, 0.4) is 0 Å². The molecule has 2 aromatic rings. The molecule has 1 unspecified atom stereocenters. The number of rotatable bonds is 4. The standard InChI is InChI=1S/C14H14BrNOS/c15-13-5-2-6-14(8-13)18(17)10-12-4-1-3-11(7-12)9-16/h1-8H,9-10,16H2. The van der Waals surface area contributed by atoms with Crippen LogP contribution < -0.4 is 5.73 Å². The topological polar surface area (TPSA) is 43.1 Å². The first-order valence-electron chi connectivity index (χ1n) is 5.61. The fourth-order valence-electron chi connectivity index (χ4n) is 1.69. The third-order valence-electron chi connectivity index (χ3n) is 2.58. The number of hydrogen-bond donors (Lipinski definition) is 1. The molecule has 0 fully saturated rings. The summed E-state index contributed by atoms with van der Waals surface area (Å²) in [6.07, 6.45) is 0. The van der Waals surface area contributed by atoms with E-state index in [4.69, 9.17) is 5.73 Å².